The maximum absolute atomic E-state index is 7.03. The van der Waals surface area contributed by atoms with Crippen LogP contribution in [-0.2, 0) is 4.52 Å². The van der Waals surface area contributed by atoms with Crippen molar-refractivity contribution >= 4 is 22.7 Å². The second kappa shape index (κ2) is 5.84. The van der Waals surface area contributed by atoms with Crippen molar-refractivity contribution in [3.05, 3.63) is 91.0 Å². The van der Waals surface area contributed by atoms with Crippen LogP contribution in [0.25, 0.3) is 0 Å². The van der Waals surface area contributed by atoms with Crippen LogP contribution in [0.15, 0.2) is 91.0 Å². The first-order valence-corrected chi connectivity index (χ1v) is 11.0. The summed E-state index contributed by atoms with van der Waals surface area (Å²) in [4.78, 5) is 0. The molecule has 3 aromatic carbocycles. The second-order valence-corrected chi connectivity index (χ2v) is 11.3. The van der Waals surface area contributed by atoms with Crippen LogP contribution in [0.1, 0.15) is 13.3 Å². The Kier molecular flexibility index (Phi) is 3.79. The van der Waals surface area contributed by atoms with Gasteiger partial charge < -0.3 is 0 Å². The van der Waals surface area contributed by atoms with Crippen LogP contribution >= 0.6 is 6.83 Å². The number of benzene rings is 3. The van der Waals surface area contributed by atoms with Gasteiger partial charge in [0.25, 0.3) is 0 Å². The fourth-order valence-corrected chi connectivity index (χ4v) is 10.5. The molecule has 0 aromatic heterocycles. The van der Waals surface area contributed by atoms with Gasteiger partial charge in [-0.15, -0.1) is 0 Å². The van der Waals surface area contributed by atoms with Crippen LogP contribution in [0.3, 0.4) is 0 Å². The molecular formula is C22H23OP. The molecule has 2 heteroatoms. The first-order chi connectivity index (χ1) is 11.8. The standard InChI is InChI=1S/C22H23OP/c1-19-17-18-24(23-19,20-11-5-2-6-12-20,21-13-7-3-8-14-21)22-15-9-4-10-16-22/h2-16,19H,17-18H2,1H3/t19-/m1/s1. The van der Waals surface area contributed by atoms with Crippen LogP contribution in [0.5, 0.6) is 0 Å². The van der Waals surface area contributed by atoms with E-state index in [9.17, 15) is 0 Å². The molecular weight excluding hydrogens is 311 g/mol. The normalized spacial score (nSPS) is 23.2. The van der Waals surface area contributed by atoms with Gasteiger partial charge in [-0.3, -0.25) is 0 Å². The van der Waals surface area contributed by atoms with E-state index < -0.39 is 6.83 Å². The Balaban J connectivity index is 2.13. The van der Waals surface area contributed by atoms with Gasteiger partial charge in [-0.25, -0.2) is 0 Å². The Morgan fingerprint density at radius 3 is 1.33 bits per heavy atom. The van der Waals surface area contributed by atoms with Gasteiger partial charge in [-0.05, 0) is 0 Å². The van der Waals surface area contributed by atoms with Crippen molar-refractivity contribution in [3.63, 3.8) is 0 Å². The zero-order chi connectivity index (χ0) is 16.5. The van der Waals surface area contributed by atoms with Crippen LogP contribution in [0.4, 0.5) is 0 Å². The van der Waals surface area contributed by atoms with Crippen LogP contribution in [-0.4, -0.2) is 12.3 Å². The van der Waals surface area contributed by atoms with Crippen LogP contribution in [0, 0.1) is 0 Å². The van der Waals surface area contributed by atoms with E-state index in [4.69, 9.17) is 4.52 Å². The van der Waals surface area contributed by atoms with Gasteiger partial charge in [0.15, 0.2) is 0 Å². The van der Waals surface area contributed by atoms with Crippen molar-refractivity contribution in [1.82, 2.24) is 0 Å². The van der Waals surface area contributed by atoms with E-state index in [0.717, 1.165) is 12.6 Å². The Morgan fingerprint density at radius 1 is 0.667 bits per heavy atom. The molecule has 1 atom stereocenters. The molecule has 1 nitrogen and oxygen atoms in total. The third-order valence-electron chi connectivity index (χ3n) is 5.28. The molecule has 4 rings (SSSR count). The molecule has 0 spiro atoms. The summed E-state index contributed by atoms with van der Waals surface area (Å²) in [7, 11) is 0. The minimum atomic E-state index is -2.88. The molecule has 0 unspecified atom stereocenters. The predicted molar refractivity (Wildman–Crippen MR) is 105 cm³/mol. The van der Waals surface area contributed by atoms with Gasteiger partial charge in [-0.2, -0.15) is 0 Å². The summed E-state index contributed by atoms with van der Waals surface area (Å²) in [5.41, 5.74) is 0. The zero-order valence-electron chi connectivity index (χ0n) is 14.0. The molecule has 1 aliphatic heterocycles. The Morgan fingerprint density at radius 2 is 1.04 bits per heavy atom. The van der Waals surface area contributed by atoms with Gasteiger partial charge in [0.05, 0.1) is 0 Å². The molecule has 3 aromatic rings. The molecule has 0 aliphatic carbocycles. The topological polar surface area (TPSA) is 9.23 Å². The first-order valence-electron chi connectivity index (χ1n) is 8.62. The van der Waals surface area contributed by atoms with E-state index in [1.54, 1.807) is 0 Å². The molecule has 122 valence electrons. The third kappa shape index (κ3) is 2.09. The number of rotatable bonds is 3. The molecule has 1 heterocycles. The summed E-state index contributed by atoms with van der Waals surface area (Å²) >= 11 is 0. The van der Waals surface area contributed by atoms with E-state index in [0.29, 0.717) is 0 Å². The van der Waals surface area contributed by atoms with Crippen molar-refractivity contribution in [2.75, 3.05) is 6.16 Å². The van der Waals surface area contributed by atoms with Crippen molar-refractivity contribution in [2.24, 2.45) is 0 Å². The fourth-order valence-electron chi connectivity index (χ4n) is 4.18. The molecule has 0 bridgehead atoms. The summed E-state index contributed by atoms with van der Waals surface area (Å²) in [6.45, 7) is -0.670. The predicted octanol–water partition coefficient (Wildman–Crippen LogP) is 4.24. The van der Waals surface area contributed by atoms with Gasteiger partial charge in [0.2, 0.25) is 0 Å². The van der Waals surface area contributed by atoms with Gasteiger partial charge >= 0.3 is 144 Å². The van der Waals surface area contributed by atoms with Gasteiger partial charge in [0.1, 0.15) is 0 Å². The molecule has 0 radical (unpaired) electrons. The minimum absolute atomic E-state index is 0.267. The van der Waals surface area contributed by atoms with Crippen LogP contribution < -0.4 is 15.9 Å². The van der Waals surface area contributed by atoms with Crippen molar-refractivity contribution in [2.45, 2.75) is 19.4 Å². The van der Waals surface area contributed by atoms with Gasteiger partial charge in [0, 0.05) is 0 Å². The third-order valence-corrected chi connectivity index (χ3v) is 11.4. The van der Waals surface area contributed by atoms with E-state index in [2.05, 4.69) is 97.9 Å². The average molecular weight is 334 g/mol. The van der Waals surface area contributed by atoms with E-state index >= 15 is 0 Å². The van der Waals surface area contributed by atoms with E-state index in [1.165, 1.54) is 15.9 Å². The zero-order valence-corrected chi connectivity index (χ0v) is 14.9. The molecule has 1 aliphatic rings. The quantitative estimate of drug-likeness (QED) is 0.651. The summed E-state index contributed by atoms with van der Waals surface area (Å²) in [6.07, 6.45) is 2.43. The molecule has 0 amide bonds. The number of hydrogen-bond donors (Lipinski definition) is 0. The Bertz CT molecular complexity index is 715. The maximum atomic E-state index is 7.03. The van der Waals surface area contributed by atoms with Crippen LogP contribution in [0.2, 0.25) is 0 Å². The summed E-state index contributed by atoms with van der Waals surface area (Å²) < 4.78 is 7.03. The van der Waals surface area contributed by atoms with Crippen molar-refractivity contribution in [1.29, 1.82) is 0 Å². The second-order valence-electron chi connectivity index (χ2n) is 6.65. The Hall–Kier alpha value is -1.95. The molecule has 24 heavy (non-hydrogen) atoms. The summed E-state index contributed by atoms with van der Waals surface area (Å²) in [6, 6.07) is 32.7. The van der Waals surface area contributed by atoms with E-state index in [1.807, 2.05) is 0 Å². The van der Waals surface area contributed by atoms with Crippen molar-refractivity contribution in [3.8, 4) is 0 Å². The van der Waals surface area contributed by atoms with Crippen molar-refractivity contribution < 1.29 is 4.52 Å². The molecule has 0 saturated carbocycles. The Labute approximate surface area is 144 Å². The summed E-state index contributed by atoms with van der Waals surface area (Å²) in [5.74, 6) is 0. The molecule has 0 N–H and O–H groups in total. The monoisotopic (exact) mass is 334 g/mol. The summed E-state index contributed by atoms with van der Waals surface area (Å²) in [5, 5.41) is 4.01. The average Bonchev–Trinajstić information content (AvgIpc) is 3.04. The fraction of sp³-hybridized carbons (Fsp3) is 0.182. The van der Waals surface area contributed by atoms with Gasteiger partial charge in [-0.1, -0.05) is 0 Å². The number of hydrogen-bond acceptors (Lipinski definition) is 1. The first kappa shape index (κ1) is 15.6. The molecule has 1 saturated heterocycles. The van der Waals surface area contributed by atoms with E-state index in [-0.39, 0.29) is 6.10 Å². The molecule has 1 fully saturated rings. The SMILES string of the molecule is C[C@@H]1CCP(c2ccccc2)(c2ccccc2)(c2ccccc2)O1.